The highest BCUT2D eigenvalue weighted by Gasteiger charge is 2.22. The Labute approximate surface area is 84.2 Å². The summed E-state index contributed by atoms with van der Waals surface area (Å²) in [7, 11) is 3.70. The molecule has 0 amide bonds. The van der Waals surface area contributed by atoms with Crippen molar-refractivity contribution < 1.29 is 5.11 Å². The molecule has 0 spiro atoms. The second kappa shape index (κ2) is 4.52. The molecule has 0 saturated heterocycles. The molecule has 1 atom stereocenters. The van der Waals surface area contributed by atoms with E-state index in [9.17, 15) is 5.11 Å². The van der Waals surface area contributed by atoms with Gasteiger partial charge in [-0.25, -0.2) is 4.98 Å². The first-order valence-electron chi connectivity index (χ1n) is 4.75. The summed E-state index contributed by atoms with van der Waals surface area (Å²) < 4.78 is 1.69. The fourth-order valence-electron chi connectivity index (χ4n) is 1.30. The summed E-state index contributed by atoms with van der Waals surface area (Å²) in [5.74, 6) is 0.811. The van der Waals surface area contributed by atoms with E-state index in [-0.39, 0.29) is 0 Å². The van der Waals surface area contributed by atoms with Crippen LogP contribution in [0.1, 0.15) is 19.2 Å². The van der Waals surface area contributed by atoms with E-state index in [1.807, 2.05) is 21.0 Å². The molecule has 14 heavy (non-hydrogen) atoms. The van der Waals surface area contributed by atoms with Crippen molar-refractivity contribution in [2.45, 2.75) is 25.4 Å². The molecule has 5 heteroatoms. The Hall–Kier alpha value is -0.940. The van der Waals surface area contributed by atoms with Crippen LogP contribution < -0.4 is 5.32 Å². The molecule has 0 aliphatic heterocycles. The molecular weight excluding hydrogens is 180 g/mol. The lowest BCUT2D eigenvalue weighted by molar-refractivity contribution is 0.0491. The largest absolute Gasteiger partial charge is 0.390 e. The summed E-state index contributed by atoms with van der Waals surface area (Å²) in [6.45, 7) is 2.61. The van der Waals surface area contributed by atoms with Crippen molar-refractivity contribution in [2.75, 3.05) is 13.6 Å². The lowest BCUT2D eigenvalue weighted by Crippen LogP contribution is -2.32. The quantitative estimate of drug-likeness (QED) is 0.683. The molecule has 1 unspecified atom stereocenters. The van der Waals surface area contributed by atoms with Gasteiger partial charge in [-0.15, -0.1) is 0 Å². The SMILES string of the molecule is CNCCC(C)(O)Cc1ncnn1C. The number of rotatable bonds is 5. The van der Waals surface area contributed by atoms with Crippen LogP contribution in [-0.4, -0.2) is 39.1 Å². The summed E-state index contributed by atoms with van der Waals surface area (Å²) >= 11 is 0. The van der Waals surface area contributed by atoms with Crippen molar-refractivity contribution in [2.24, 2.45) is 7.05 Å². The van der Waals surface area contributed by atoms with E-state index in [0.29, 0.717) is 12.8 Å². The molecule has 2 N–H and O–H groups in total. The van der Waals surface area contributed by atoms with Crippen molar-refractivity contribution in [3.8, 4) is 0 Å². The second-order valence-corrected chi connectivity index (χ2v) is 3.83. The van der Waals surface area contributed by atoms with Gasteiger partial charge in [-0.05, 0) is 26.9 Å². The Morgan fingerprint density at radius 1 is 1.64 bits per heavy atom. The van der Waals surface area contributed by atoms with E-state index >= 15 is 0 Å². The summed E-state index contributed by atoms with van der Waals surface area (Å²) in [6, 6.07) is 0. The Morgan fingerprint density at radius 2 is 2.36 bits per heavy atom. The summed E-state index contributed by atoms with van der Waals surface area (Å²) in [4.78, 5) is 4.08. The lowest BCUT2D eigenvalue weighted by Gasteiger charge is -2.22. The van der Waals surface area contributed by atoms with Crippen LogP contribution in [0.3, 0.4) is 0 Å². The molecule has 0 radical (unpaired) electrons. The van der Waals surface area contributed by atoms with Crippen LogP contribution in [0.2, 0.25) is 0 Å². The average molecular weight is 198 g/mol. The van der Waals surface area contributed by atoms with Gasteiger partial charge in [0.1, 0.15) is 12.2 Å². The average Bonchev–Trinajstić information content (AvgIpc) is 2.48. The maximum absolute atomic E-state index is 10.0. The number of hydrogen-bond donors (Lipinski definition) is 2. The molecule has 5 nitrogen and oxygen atoms in total. The van der Waals surface area contributed by atoms with Crippen LogP contribution in [-0.2, 0) is 13.5 Å². The standard InChI is InChI=1S/C9H18N4O/c1-9(14,4-5-10-2)6-8-11-7-12-13(8)3/h7,10,14H,4-6H2,1-3H3. The van der Waals surface area contributed by atoms with E-state index in [4.69, 9.17) is 0 Å². The molecule has 1 rings (SSSR count). The first-order valence-corrected chi connectivity index (χ1v) is 4.75. The predicted molar refractivity (Wildman–Crippen MR) is 53.9 cm³/mol. The zero-order chi connectivity index (χ0) is 10.6. The molecule has 1 aromatic heterocycles. The van der Waals surface area contributed by atoms with E-state index in [2.05, 4.69) is 15.4 Å². The molecule has 0 aliphatic rings. The third kappa shape index (κ3) is 3.08. The minimum atomic E-state index is -0.718. The number of aromatic nitrogens is 3. The van der Waals surface area contributed by atoms with Crippen molar-refractivity contribution in [1.29, 1.82) is 0 Å². The number of aryl methyl sites for hydroxylation is 1. The fourth-order valence-corrected chi connectivity index (χ4v) is 1.30. The van der Waals surface area contributed by atoms with Crippen LogP contribution in [0.15, 0.2) is 6.33 Å². The van der Waals surface area contributed by atoms with E-state index in [0.717, 1.165) is 12.4 Å². The van der Waals surface area contributed by atoms with Crippen molar-refractivity contribution in [1.82, 2.24) is 20.1 Å². The van der Waals surface area contributed by atoms with Crippen LogP contribution in [0.4, 0.5) is 0 Å². The van der Waals surface area contributed by atoms with Crippen LogP contribution in [0.5, 0.6) is 0 Å². The fraction of sp³-hybridized carbons (Fsp3) is 0.778. The number of aliphatic hydroxyl groups is 1. The van der Waals surface area contributed by atoms with E-state index < -0.39 is 5.60 Å². The smallest absolute Gasteiger partial charge is 0.138 e. The van der Waals surface area contributed by atoms with E-state index in [1.165, 1.54) is 6.33 Å². The lowest BCUT2D eigenvalue weighted by atomic mass is 9.98. The first kappa shape index (κ1) is 11.1. The van der Waals surface area contributed by atoms with Gasteiger partial charge in [-0.3, -0.25) is 4.68 Å². The van der Waals surface area contributed by atoms with Crippen LogP contribution in [0.25, 0.3) is 0 Å². The number of nitrogens with one attached hydrogen (secondary N) is 1. The third-order valence-corrected chi connectivity index (χ3v) is 2.26. The maximum atomic E-state index is 10.0. The van der Waals surface area contributed by atoms with Gasteiger partial charge in [0.15, 0.2) is 0 Å². The first-order chi connectivity index (χ1) is 6.55. The van der Waals surface area contributed by atoms with Gasteiger partial charge in [-0.1, -0.05) is 0 Å². The highest BCUT2D eigenvalue weighted by atomic mass is 16.3. The van der Waals surface area contributed by atoms with Gasteiger partial charge < -0.3 is 10.4 Å². The molecule has 0 saturated carbocycles. The van der Waals surface area contributed by atoms with Gasteiger partial charge >= 0.3 is 0 Å². The Bertz CT molecular complexity index is 282. The molecule has 80 valence electrons. The number of nitrogens with zero attached hydrogens (tertiary/aromatic N) is 3. The third-order valence-electron chi connectivity index (χ3n) is 2.26. The monoisotopic (exact) mass is 198 g/mol. The molecule has 0 aliphatic carbocycles. The predicted octanol–water partition coefficient (Wildman–Crippen LogP) is -0.282. The highest BCUT2D eigenvalue weighted by Crippen LogP contribution is 2.14. The maximum Gasteiger partial charge on any atom is 0.138 e. The molecule has 1 heterocycles. The Balaban J connectivity index is 2.54. The zero-order valence-electron chi connectivity index (χ0n) is 8.99. The minimum Gasteiger partial charge on any atom is -0.390 e. The van der Waals surface area contributed by atoms with Crippen LogP contribution in [0, 0.1) is 0 Å². The molecule has 0 fully saturated rings. The van der Waals surface area contributed by atoms with Crippen molar-refractivity contribution in [3.05, 3.63) is 12.2 Å². The molecule has 0 bridgehead atoms. The molecule has 0 aromatic carbocycles. The summed E-state index contributed by atoms with van der Waals surface area (Å²) in [5, 5.41) is 17.0. The van der Waals surface area contributed by atoms with Crippen molar-refractivity contribution >= 4 is 0 Å². The topological polar surface area (TPSA) is 63.0 Å². The Kier molecular flexibility index (Phi) is 3.60. The van der Waals surface area contributed by atoms with E-state index in [1.54, 1.807) is 4.68 Å². The normalized spacial score (nSPS) is 15.4. The number of hydrogen-bond acceptors (Lipinski definition) is 4. The molecular formula is C9H18N4O. The van der Waals surface area contributed by atoms with Gasteiger partial charge in [-0.2, -0.15) is 5.10 Å². The second-order valence-electron chi connectivity index (χ2n) is 3.83. The van der Waals surface area contributed by atoms with Crippen molar-refractivity contribution in [3.63, 3.8) is 0 Å². The van der Waals surface area contributed by atoms with Gasteiger partial charge in [0.05, 0.1) is 5.60 Å². The summed E-state index contributed by atoms with van der Waals surface area (Å²) in [6.07, 6.45) is 2.74. The van der Waals surface area contributed by atoms with Crippen LogP contribution >= 0.6 is 0 Å². The highest BCUT2D eigenvalue weighted by molar-refractivity contribution is 4.92. The zero-order valence-corrected chi connectivity index (χ0v) is 8.99. The van der Waals surface area contributed by atoms with Gasteiger partial charge in [0.25, 0.3) is 0 Å². The Morgan fingerprint density at radius 3 is 2.86 bits per heavy atom. The van der Waals surface area contributed by atoms with Gasteiger partial charge in [0.2, 0.25) is 0 Å². The summed E-state index contributed by atoms with van der Waals surface area (Å²) in [5.41, 5.74) is -0.718. The van der Waals surface area contributed by atoms with Gasteiger partial charge in [0, 0.05) is 13.5 Å². The molecule has 1 aromatic rings. The minimum absolute atomic E-state index is 0.533.